The molecule has 2 aromatic rings. The van der Waals surface area contributed by atoms with Gasteiger partial charge in [0, 0.05) is 11.3 Å². The molecule has 1 aliphatic carbocycles. The molecule has 3 nitrogen and oxygen atoms in total. The van der Waals surface area contributed by atoms with Crippen LogP contribution in [0.25, 0.3) is 0 Å². The van der Waals surface area contributed by atoms with Crippen LogP contribution in [0, 0.1) is 6.92 Å². The number of hydrogen-bond donors (Lipinski definition) is 3. The lowest BCUT2D eigenvalue weighted by Crippen LogP contribution is -2.07. The molecule has 3 heteroatoms. The molecule has 0 fully saturated rings. The van der Waals surface area contributed by atoms with E-state index in [-0.39, 0.29) is 11.8 Å². The Kier molecular flexibility index (Phi) is 3.05. The van der Waals surface area contributed by atoms with Gasteiger partial charge in [0.25, 0.3) is 0 Å². The SMILES string of the molecule is Cc1ccc(O)c2c1C(C)CC2Nc1ccc(O)cc1. The summed E-state index contributed by atoms with van der Waals surface area (Å²) in [4.78, 5) is 0. The predicted octanol–water partition coefficient (Wildman–Crippen LogP) is 4.07. The molecule has 20 heavy (non-hydrogen) atoms. The molecule has 0 saturated heterocycles. The molecule has 0 heterocycles. The summed E-state index contributed by atoms with van der Waals surface area (Å²) < 4.78 is 0. The van der Waals surface area contributed by atoms with Gasteiger partial charge >= 0.3 is 0 Å². The highest BCUT2D eigenvalue weighted by Crippen LogP contribution is 2.47. The normalized spacial score (nSPS) is 20.7. The quantitative estimate of drug-likeness (QED) is 0.720. The average molecular weight is 269 g/mol. The Bertz CT molecular complexity index is 634. The number of hydrogen-bond acceptors (Lipinski definition) is 3. The number of phenolic OH excluding ortho intramolecular Hbond substituents is 2. The van der Waals surface area contributed by atoms with Gasteiger partial charge in [0.1, 0.15) is 11.5 Å². The summed E-state index contributed by atoms with van der Waals surface area (Å²) in [6, 6.07) is 10.9. The van der Waals surface area contributed by atoms with Gasteiger partial charge in [-0.1, -0.05) is 13.0 Å². The largest absolute Gasteiger partial charge is 0.508 e. The molecule has 2 atom stereocenters. The fourth-order valence-electron chi connectivity index (χ4n) is 3.23. The molecule has 3 rings (SSSR count). The van der Waals surface area contributed by atoms with E-state index in [2.05, 4.69) is 19.2 Å². The number of phenols is 2. The Balaban J connectivity index is 1.95. The zero-order valence-electron chi connectivity index (χ0n) is 11.7. The molecule has 0 radical (unpaired) electrons. The van der Waals surface area contributed by atoms with Crippen LogP contribution < -0.4 is 5.32 Å². The van der Waals surface area contributed by atoms with Crippen LogP contribution in [0.4, 0.5) is 5.69 Å². The molecule has 104 valence electrons. The van der Waals surface area contributed by atoms with Crippen molar-refractivity contribution in [2.24, 2.45) is 0 Å². The van der Waals surface area contributed by atoms with Gasteiger partial charge in [-0.25, -0.2) is 0 Å². The third-order valence-corrected chi connectivity index (χ3v) is 4.12. The number of benzene rings is 2. The summed E-state index contributed by atoms with van der Waals surface area (Å²) in [5.74, 6) is 1.06. The van der Waals surface area contributed by atoms with Gasteiger partial charge in [-0.3, -0.25) is 0 Å². The van der Waals surface area contributed by atoms with Crippen molar-refractivity contribution in [1.82, 2.24) is 0 Å². The number of nitrogens with one attached hydrogen (secondary N) is 1. The van der Waals surface area contributed by atoms with Crippen LogP contribution in [0.1, 0.15) is 42.0 Å². The maximum absolute atomic E-state index is 10.2. The average Bonchev–Trinajstić information content (AvgIpc) is 2.75. The van der Waals surface area contributed by atoms with Crippen LogP contribution in [0.5, 0.6) is 11.5 Å². The number of rotatable bonds is 2. The molecule has 0 aromatic heterocycles. The lowest BCUT2D eigenvalue weighted by atomic mass is 9.97. The molecular weight excluding hydrogens is 250 g/mol. The monoisotopic (exact) mass is 269 g/mol. The minimum atomic E-state index is 0.115. The highest BCUT2D eigenvalue weighted by molar-refractivity contribution is 5.56. The van der Waals surface area contributed by atoms with Crippen molar-refractivity contribution in [2.75, 3.05) is 5.32 Å². The Hall–Kier alpha value is -2.16. The van der Waals surface area contributed by atoms with Gasteiger partial charge in [-0.15, -0.1) is 0 Å². The van der Waals surface area contributed by atoms with Gasteiger partial charge < -0.3 is 15.5 Å². The molecule has 2 unspecified atom stereocenters. The van der Waals surface area contributed by atoms with Crippen LogP contribution in [0.2, 0.25) is 0 Å². The van der Waals surface area contributed by atoms with E-state index in [4.69, 9.17) is 0 Å². The third kappa shape index (κ3) is 2.09. The van der Waals surface area contributed by atoms with Crippen LogP contribution >= 0.6 is 0 Å². The Morgan fingerprint density at radius 3 is 2.40 bits per heavy atom. The maximum Gasteiger partial charge on any atom is 0.121 e. The topological polar surface area (TPSA) is 52.5 Å². The van der Waals surface area contributed by atoms with Crippen LogP contribution in [0.15, 0.2) is 36.4 Å². The zero-order valence-corrected chi connectivity index (χ0v) is 11.7. The summed E-state index contributed by atoms with van der Waals surface area (Å²) in [5.41, 5.74) is 4.47. The number of fused-ring (bicyclic) bond motifs is 1. The minimum absolute atomic E-state index is 0.115. The molecule has 0 spiro atoms. The van der Waals surface area contributed by atoms with Gasteiger partial charge in [0.15, 0.2) is 0 Å². The molecule has 0 bridgehead atoms. The van der Waals surface area contributed by atoms with Crippen LogP contribution in [-0.4, -0.2) is 10.2 Å². The van der Waals surface area contributed by atoms with Crippen molar-refractivity contribution in [3.05, 3.63) is 53.1 Å². The fourth-order valence-corrected chi connectivity index (χ4v) is 3.23. The first-order chi connectivity index (χ1) is 9.56. The summed E-state index contributed by atoms with van der Waals surface area (Å²) in [5, 5.41) is 23.0. The molecule has 1 aliphatic rings. The van der Waals surface area contributed by atoms with Crippen LogP contribution in [0.3, 0.4) is 0 Å². The summed E-state index contributed by atoms with van der Waals surface area (Å²) in [7, 11) is 0. The highest BCUT2D eigenvalue weighted by Gasteiger charge is 2.32. The standard InChI is InChI=1S/C17H19NO2/c1-10-3-8-15(20)17-14(9-11(2)16(10)17)18-12-4-6-13(19)7-5-12/h3-8,11,14,18-20H,9H2,1-2H3. The number of anilines is 1. The highest BCUT2D eigenvalue weighted by atomic mass is 16.3. The lowest BCUT2D eigenvalue weighted by molar-refractivity contribution is 0.465. The van der Waals surface area contributed by atoms with Crippen LogP contribution in [-0.2, 0) is 0 Å². The van der Waals surface area contributed by atoms with E-state index in [1.807, 2.05) is 18.2 Å². The second-order valence-electron chi connectivity index (χ2n) is 5.61. The van der Waals surface area contributed by atoms with E-state index in [1.165, 1.54) is 11.1 Å². The third-order valence-electron chi connectivity index (χ3n) is 4.12. The Morgan fingerprint density at radius 1 is 1.00 bits per heavy atom. The van der Waals surface area contributed by atoms with E-state index >= 15 is 0 Å². The first-order valence-electron chi connectivity index (χ1n) is 6.94. The second-order valence-corrected chi connectivity index (χ2v) is 5.61. The van der Waals surface area contributed by atoms with E-state index in [1.54, 1.807) is 18.2 Å². The zero-order chi connectivity index (χ0) is 14.3. The van der Waals surface area contributed by atoms with Gasteiger partial charge in [-0.2, -0.15) is 0 Å². The molecule has 3 N–H and O–H groups in total. The number of aromatic hydroxyl groups is 2. The van der Waals surface area contributed by atoms with Crippen molar-refractivity contribution in [1.29, 1.82) is 0 Å². The van der Waals surface area contributed by atoms with Gasteiger partial charge in [-0.05, 0) is 60.7 Å². The van der Waals surface area contributed by atoms with E-state index in [0.717, 1.165) is 17.7 Å². The van der Waals surface area contributed by atoms with Crippen molar-refractivity contribution >= 4 is 5.69 Å². The van der Waals surface area contributed by atoms with E-state index in [9.17, 15) is 10.2 Å². The van der Waals surface area contributed by atoms with Gasteiger partial charge in [0.05, 0.1) is 6.04 Å². The van der Waals surface area contributed by atoms with Crippen molar-refractivity contribution < 1.29 is 10.2 Å². The Labute approximate surface area is 118 Å². The maximum atomic E-state index is 10.2. The van der Waals surface area contributed by atoms with Crippen molar-refractivity contribution in [3.8, 4) is 11.5 Å². The first kappa shape index (κ1) is 12.9. The van der Waals surface area contributed by atoms with Gasteiger partial charge in [0.2, 0.25) is 0 Å². The predicted molar refractivity (Wildman–Crippen MR) is 80.3 cm³/mol. The summed E-state index contributed by atoms with van der Waals surface area (Å²) in [6.07, 6.45) is 0.967. The van der Waals surface area contributed by atoms with E-state index in [0.29, 0.717) is 11.7 Å². The molecular formula is C17H19NO2. The van der Waals surface area contributed by atoms with Crippen molar-refractivity contribution in [3.63, 3.8) is 0 Å². The van der Waals surface area contributed by atoms with Crippen molar-refractivity contribution in [2.45, 2.75) is 32.2 Å². The van der Waals surface area contributed by atoms with E-state index < -0.39 is 0 Å². The molecule has 2 aromatic carbocycles. The molecule has 0 saturated carbocycles. The summed E-state index contributed by atoms with van der Waals surface area (Å²) >= 11 is 0. The first-order valence-corrected chi connectivity index (χ1v) is 6.94. The molecule has 0 aliphatic heterocycles. The smallest absolute Gasteiger partial charge is 0.121 e. The fraction of sp³-hybridized carbons (Fsp3) is 0.294. The second kappa shape index (κ2) is 4.75. The summed E-state index contributed by atoms with van der Waals surface area (Å²) in [6.45, 7) is 4.29. The lowest BCUT2D eigenvalue weighted by Gasteiger charge is -2.17. The minimum Gasteiger partial charge on any atom is -0.508 e. The Morgan fingerprint density at radius 2 is 1.70 bits per heavy atom. The molecule has 0 amide bonds. The number of aryl methyl sites for hydroxylation is 1.